The third kappa shape index (κ3) is 6.82. The maximum absolute atomic E-state index is 12.2. The van der Waals surface area contributed by atoms with Gasteiger partial charge in [0.05, 0.1) is 6.54 Å². The van der Waals surface area contributed by atoms with Crippen LogP contribution in [0.5, 0.6) is 0 Å². The van der Waals surface area contributed by atoms with Crippen molar-refractivity contribution in [1.29, 1.82) is 0 Å². The molecule has 0 saturated heterocycles. The molecule has 5 heteroatoms. The van der Waals surface area contributed by atoms with E-state index in [1.807, 2.05) is 32.0 Å². The summed E-state index contributed by atoms with van der Waals surface area (Å²) in [7, 11) is 0. The number of rotatable bonds is 9. The molecule has 0 aliphatic carbocycles. The molecule has 0 unspecified atom stereocenters. The van der Waals surface area contributed by atoms with Gasteiger partial charge < -0.3 is 10.6 Å². The molecule has 0 saturated carbocycles. The molecule has 1 rings (SSSR count). The standard InChI is InChI=1S/C18H29N3O2/c1-5-10-21(11-6-2)13-18(23)19-15-9-8-14(4)16(12-15)20-17(22)7-3/h8-9,12H,5-7,10-11,13H2,1-4H3,(H,19,23)(H,20,22). The highest BCUT2D eigenvalue weighted by Gasteiger charge is 2.10. The van der Waals surface area contributed by atoms with Crippen molar-refractivity contribution < 1.29 is 9.59 Å². The zero-order chi connectivity index (χ0) is 17.2. The number of nitrogens with zero attached hydrogens (tertiary/aromatic N) is 1. The monoisotopic (exact) mass is 319 g/mol. The second kappa shape index (κ2) is 10.0. The van der Waals surface area contributed by atoms with Crippen molar-refractivity contribution >= 4 is 23.2 Å². The van der Waals surface area contributed by atoms with Crippen LogP contribution in [0, 0.1) is 6.92 Å². The molecule has 1 aromatic carbocycles. The molecule has 0 aliphatic rings. The van der Waals surface area contributed by atoms with Crippen LogP contribution in [0.1, 0.15) is 45.6 Å². The van der Waals surface area contributed by atoms with Gasteiger partial charge in [-0.3, -0.25) is 14.5 Å². The summed E-state index contributed by atoms with van der Waals surface area (Å²) in [5.41, 5.74) is 2.43. The molecule has 2 N–H and O–H groups in total. The molecule has 0 atom stereocenters. The molecule has 0 aliphatic heterocycles. The highest BCUT2D eigenvalue weighted by molar-refractivity contribution is 5.95. The number of aryl methyl sites for hydroxylation is 1. The first-order valence-electron chi connectivity index (χ1n) is 8.42. The molecule has 23 heavy (non-hydrogen) atoms. The lowest BCUT2D eigenvalue weighted by Crippen LogP contribution is -2.34. The van der Waals surface area contributed by atoms with Gasteiger partial charge in [-0.1, -0.05) is 26.8 Å². The Labute approximate surface area is 139 Å². The minimum atomic E-state index is -0.0337. The average Bonchev–Trinajstić information content (AvgIpc) is 2.51. The first-order chi connectivity index (χ1) is 11.0. The summed E-state index contributed by atoms with van der Waals surface area (Å²) in [6, 6.07) is 5.57. The van der Waals surface area contributed by atoms with Gasteiger partial charge in [0.15, 0.2) is 0 Å². The van der Waals surface area contributed by atoms with E-state index in [1.54, 1.807) is 0 Å². The normalized spacial score (nSPS) is 10.7. The molecule has 128 valence electrons. The van der Waals surface area contributed by atoms with Gasteiger partial charge in [-0.2, -0.15) is 0 Å². The summed E-state index contributed by atoms with van der Waals surface area (Å²) in [6.45, 7) is 10.2. The van der Waals surface area contributed by atoms with Crippen molar-refractivity contribution in [3.63, 3.8) is 0 Å². The maximum atomic E-state index is 12.2. The summed E-state index contributed by atoms with van der Waals surface area (Å²) >= 11 is 0. The van der Waals surface area contributed by atoms with Crippen LogP contribution in [0.3, 0.4) is 0 Å². The average molecular weight is 319 g/mol. The van der Waals surface area contributed by atoms with E-state index in [2.05, 4.69) is 29.4 Å². The first kappa shape index (κ1) is 19.2. The highest BCUT2D eigenvalue weighted by atomic mass is 16.2. The lowest BCUT2D eigenvalue weighted by Gasteiger charge is -2.20. The van der Waals surface area contributed by atoms with E-state index in [0.717, 1.165) is 37.2 Å². The van der Waals surface area contributed by atoms with Crippen molar-refractivity contribution in [2.24, 2.45) is 0 Å². The van der Waals surface area contributed by atoms with Crippen molar-refractivity contribution in [3.05, 3.63) is 23.8 Å². The van der Waals surface area contributed by atoms with Crippen LogP contribution in [0.25, 0.3) is 0 Å². The molecule has 1 aromatic rings. The second-order valence-electron chi connectivity index (χ2n) is 5.76. The maximum Gasteiger partial charge on any atom is 0.238 e. The summed E-state index contributed by atoms with van der Waals surface area (Å²) in [5, 5.41) is 5.77. The Morgan fingerprint density at radius 3 is 2.22 bits per heavy atom. The van der Waals surface area contributed by atoms with Crippen LogP contribution in [-0.2, 0) is 9.59 Å². The number of anilines is 2. The minimum Gasteiger partial charge on any atom is -0.326 e. The highest BCUT2D eigenvalue weighted by Crippen LogP contribution is 2.20. The fourth-order valence-electron chi connectivity index (χ4n) is 2.38. The largest absolute Gasteiger partial charge is 0.326 e. The molecule has 0 heterocycles. The van der Waals surface area contributed by atoms with E-state index in [0.29, 0.717) is 18.7 Å². The predicted molar refractivity (Wildman–Crippen MR) is 95.8 cm³/mol. The van der Waals surface area contributed by atoms with Crippen LogP contribution >= 0.6 is 0 Å². The van der Waals surface area contributed by atoms with Gasteiger partial charge in [-0.15, -0.1) is 0 Å². The van der Waals surface area contributed by atoms with Gasteiger partial charge in [0.1, 0.15) is 0 Å². The van der Waals surface area contributed by atoms with E-state index in [1.165, 1.54) is 0 Å². The molecular formula is C18H29N3O2. The van der Waals surface area contributed by atoms with Gasteiger partial charge >= 0.3 is 0 Å². The Bertz CT molecular complexity index is 523. The number of carbonyl (C=O) groups is 2. The first-order valence-corrected chi connectivity index (χ1v) is 8.42. The molecular weight excluding hydrogens is 290 g/mol. The van der Waals surface area contributed by atoms with Crippen LogP contribution in [0.2, 0.25) is 0 Å². The second-order valence-corrected chi connectivity index (χ2v) is 5.76. The number of amides is 2. The number of carbonyl (C=O) groups excluding carboxylic acids is 2. The fourth-order valence-corrected chi connectivity index (χ4v) is 2.38. The SMILES string of the molecule is CCCN(CCC)CC(=O)Nc1ccc(C)c(NC(=O)CC)c1. The van der Waals surface area contributed by atoms with Crippen LogP contribution < -0.4 is 10.6 Å². The van der Waals surface area contributed by atoms with E-state index < -0.39 is 0 Å². The Morgan fingerprint density at radius 2 is 1.65 bits per heavy atom. The third-order valence-electron chi connectivity index (χ3n) is 3.56. The van der Waals surface area contributed by atoms with Gasteiger partial charge in [-0.05, 0) is 50.6 Å². The minimum absolute atomic E-state index is 0.0245. The number of nitrogens with one attached hydrogen (secondary N) is 2. The number of hydrogen-bond donors (Lipinski definition) is 2. The molecule has 5 nitrogen and oxygen atoms in total. The summed E-state index contributed by atoms with van der Waals surface area (Å²) < 4.78 is 0. The molecule has 0 spiro atoms. The van der Waals surface area contributed by atoms with Crippen molar-refractivity contribution in [2.75, 3.05) is 30.3 Å². The Morgan fingerprint density at radius 1 is 1.00 bits per heavy atom. The molecule has 0 radical (unpaired) electrons. The lowest BCUT2D eigenvalue weighted by atomic mass is 10.1. The lowest BCUT2D eigenvalue weighted by molar-refractivity contribution is -0.117. The van der Waals surface area contributed by atoms with E-state index >= 15 is 0 Å². The number of hydrogen-bond acceptors (Lipinski definition) is 3. The Balaban J connectivity index is 2.70. The van der Waals surface area contributed by atoms with Crippen LogP contribution in [0.15, 0.2) is 18.2 Å². The third-order valence-corrected chi connectivity index (χ3v) is 3.56. The number of benzene rings is 1. The topological polar surface area (TPSA) is 61.4 Å². The zero-order valence-corrected chi connectivity index (χ0v) is 14.7. The van der Waals surface area contributed by atoms with Crippen molar-refractivity contribution in [3.8, 4) is 0 Å². The Hall–Kier alpha value is -1.88. The van der Waals surface area contributed by atoms with Gasteiger partial charge in [0.2, 0.25) is 11.8 Å². The van der Waals surface area contributed by atoms with Gasteiger partial charge in [0, 0.05) is 17.8 Å². The summed E-state index contributed by atoms with van der Waals surface area (Å²) in [5.74, 6) is -0.0582. The zero-order valence-electron chi connectivity index (χ0n) is 14.7. The summed E-state index contributed by atoms with van der Waals surface area (Å²) in [6.07, 6.45) is 2.50. The molecule has 0 bridgehead atoms. The quantitative estimate of drug-likeness (QED) is 0.733. The van der Waals surface area contributed by atoms with E-state index in [-0.39, 0.29) is 11.8 Å². The van der Waals surface area contributed by atoms with Crippen LogP contribution in [0.4, 0.5) is 11.4 Å². The van der Waals surface area contributed by atoms with Gasteiger partial charge in [0.25, 0.3) is 0 Å². The Kier molecular flexibility index (Phi) is 8.33. The van der Waals surface area contributed by atoms with Crippen molar-refractivity contribution in [1.82, 2.24) is 4.90 Å². The molecule has 0 aromatic heterocycles. The molecule has 2 amide bonds. The van der Waals surface area contributed by atoms with Gasteiger partial charge in [-0.25, -0.2) is 0 Å². The smallest absolute Gasteiger partial charge is 0.238 e. The van der Waals surface area contributed by atoms with Crippen molar-refractivity contribution in [2.45, 2.75) is 47.0 Å². The predicted octanol–water partition coefficient (Wildman–Crippen LogP) is 3.40. The fraction of sp³-hybridized carbons (Fsp3) is 0.556. The van der Waals surface area contributed by atoms with Crippen LogP contribution in [-0.4, -0.2) is 36.3 Å². The molecule has 0 fully saturated rings. The van der Waals surface area contributed by atoms with E-state index in [9.17, 15) is 9.59 Å². The van der Waals surface area contributed by atoms with E-state index in [4.69, 9.17) is 0 Å². The summed E-state index contributed by atoms with van der Waals surface area (Å²) in [4.78, 5) is 25.9.